The van der Waals surface area contributed by atoms with Crippen LogP contribution in [0.1, 0.15) is 25.7 Å². The van der Waals surface area contributed by atoms with E-state index in [4.69, 9.17) is 10.2 Å². The molecule has 2 atom stereocenters. The molecule has 0 aromatic heterocycles. The summed E-state index contributed by atoms with van der Waals surface area (Å²) in [6.45, 7) is 0. The SMILES string of the molecule is O=C(O)CC1CC[C@H](C(=O)O)C1. The van der Waals surface area contributed by atoms with Crippen molar-refractivity contribution in [1.82, 2.24) is 0 Å². The summed E-state index contributed by atoms with van der Waals surface area (Å²) >= 11 is 0. The average Bonchev–Trinajstić information content (AvgIpc) is 2.34. The van der Waals surface area contributed by atoms with Gasteiger partial charge in [-0.15, -0.1) is 0 Å². The third kappa shape index (κ3) is 2.22. The van der Waals surface area contributed by atoms with Gasteiger partial charge in [0.05, 0.1) is 5.92 Å². The van der Waals surface area contributed by atoms with E-state index in [0.29, 0.717) is 12.8 Å². The molecule has 4 heteroatoms. The summed E-state index contributed by atoms with van der Waals surface area (Å²) in [6, 6.07) is 0. The van der Waals surface area contributed by atoms with E-state index in [9.17, 15) is 9.59 Å². The Balaban J connectivity index is 2.35. The van der Waals surface area contributed by atoms with E-state index in [1.807, 2.05) is 0 Å². The van der Waals surface area contributed by atoms with Crippen LogP contribution in [0.5, 0.6) is 0 Å². The highest BCUT2D eigenvalue weighted by Gasteiger charge is 2.30. The van der Waals surface area contributed by atoms with Gasteiger partial charge < -0.3 is 10.2 Å². The second-order valence-corrected chi connectivity index (χ2v) is 3.31. The van der Waals surface area contributed by atoms with E-state index < -0.39 is 11.9 Å². The Kier molecular flexibility index (Phi) is 2.68. The van der Waals surface area contributed by atoms with Crippen molar-refractivity contribution >= 4 is 11.9 Å². The van der Waals surface area contributed by atoms with Crippen LogP contribution in [0.4, 0.5) is 0 Å². The lowest BCUT2D eigenvalue weighted by atomic mass is 10.0. The molecule has 0 aliphatic heterocycles. The van der Waals surface area contributed by atoms with E-state index in [0.717, 1.165) is 6.42 Å². The standard InChI is InChI=1S/C8H12O4/c9-7(10)4-5-1-2-6(3-5)8(11)12/h5-6H,1-4H2,(H,9,10)(H,11,12)/t5?,6-/m0/s1. The van der Waals surface area contributed by atoms with E-state index in [1.165, 1.54) is 0 Å². The van der Waals surface area contributed by atoms with Crippen LogP contribution in [0.2, 0.25) is 0 Å². The molecule has 1 fully saturated rings. The maximum absolute atomic E-state index is 10.5. The van der Waals surface area contributed by atoms with Gasteiger partial charge in [0, 0.05) is 6.42 Å². The first-order valence-electron chi connectivity index (χ1n) is 4.04. The van der Waals surface area contributed by atoms with E-state index in [2.05, 4.69) is 0 Å². The molecule has 0 aromatic rings. The van der Waals surface area contributed by atoms with Gasteiger partial charge in [0.15, 0.2) is 0 Å². The monoisotopic (exact) mass is 172 g/mol. The van der Waals surface area contributed by atoms with Crippen LogP contribution in [0.3, 0.4) is 0 Å². The summed E-state index contributed by atoms with van der Waals surface area (Å²) in [6.07, 6.45) is 2.02. The number of aliphatic carboxylic acids is 2. The fourth-order valence-electron chi connectivity index (χ4n) is 1.73. The Bertz CT molecular complexity index is 199. The van der Waals surface area contributed by atoms with E-state index >= 15 is 0 Å². The van der Waals surface area contributed by atoms with Gasteiger partial charge in [0.25, 0.3) is 0 Å². The molecule has 0 saturated heterocycles. The molecule has 0 heterocycles. The molecule has 2 N–H and O–H groups in total. The van der Waals surface area contributed by atoms with Crippen LogP contribution in [-0.2, 0) is 9.59 Å². The van der Waals surface area contributed by atoms with Crippen molar-refractivity contribution in [2.75, 3.05) is 0 Å². The van der Waals surface area contributed by atoms with Crippen molar-refractivity contribution in [3.63, 3.8) is 0 Å². The molecule has 1 unspecified atom stereocenters. The van der Waals surface area contributed by atoms with E-state index in [-0.39, 0.29) is 18.3 Å². The Hall–Kier alpha value is -1.06. The highest BCUT2D eigenvalue weighted by Crippen LogP contribution is 2.32. The molecule has 1 saturated carbocycles. The van der Waals surface area contributed by atoms with Crippen molar-refractivity contribution in [3.8, 4) is 0 Å². The summed E-state index contributed by atoms with van der Waals surface area (Å²) < 4.78 is 0. The van der Waals surface area contributed by atoms with Gasteiger partial charge in [-0.05, 0) is 25.2 Å². The largest absolute Gasteiger partial charge is 0.481 e. The summed E-state index contributed by atoms with van der Waals surface area (Å²) in [7, 11) is 0. The molecule has 4 nitrogen and oxygen atoms in total. The number of rotatable bonds is 3. The number of carboxylic acids is 2. The highest BCUT2D eigenvalue weighted by atomic mass is 16.4. The lowest BCUT2D eigenvalue weighted by molar-refractivity contribution is -0.142. The zero-order chi connectivity index (χ0) is 9.14. The van der Waals surface area contributed by atoms with Crippen molar-refractivity contribution in [2.24, 2.45) is 11.8 Å². The first-order valence-corrected chi connectivity index (χ1v) is 4.04. The van der Waals surface area contributed by atoms with Crippen LogP contribution in [0, 0.1) is 11.8 Å². The van der Waals surface area contributed by atoms with Crippen LogP contribution in [-0.4, -0.2) is 22.2 Å². The molecule has 0 amide bonds. The predicted molar refractivity (Wildman–Crippen MR) is 40.7 cm³/mol. The molecular formula is C8H12O4. The number of carboxylic acid groups (broad SMARTS) is 2. The van der Waals surface area contributed by atoms with Gasteiger partial charge >= 0.3 is 11.9 Å². The molecule has 0 radical (unpaired) electrons. The third-order valence-corrected chi connectivity index (χ3v) is 2.35. The van der Waals surface area contributed by atoms with E-state index in [1.54, 1.807) is 0 Å². The quantitative estimate of drug-likeness (QED) is 0.665. The summed E-state index contributed by atoms with van der Waals surface area (Å²) in [5, 5.41) is 17.1. The van der Waals surface area contributed by atoms with Gasteiger partial charge in [-0.2, -0.15) is 0 Å². The first-order chi connectivity index (χ1) is 5.59. The molecule has 0 bridgehead atoms. The zero-order valence-corrected chi connectivity index (χ0v) is 6.69. The van der Waals surface area contributed by atoms with Crippen LogP contribution in [0.25, 0.3) is 0 Å². The Morgan fingerprint density at radius 3 is 2.33 bits per heavy atom. The van der Waals surface area contributed by atoms with Crippen LogP contribution >= 0.6 is 0 Å². The van der Waals surface area contributed by atoms with Crippen LogP contribution in [0.15, 0.2) is 0 Å². The van der Waals surface area contributed by atoms with Gasteiger partial charge in [-0.3, -0.25) is 9.59 Å². The Labute approximate surface area is 70.2 Å². The molecule has 1 aliphatic carbocycles. The lowest BCUT2D eigenvalue weighted by Gasteiger charge is -2.04. The molecule has 0 spiro atoms. The lowest BCUT2D eigenvalue weighted by Crippen LogP contribution is -2.10. The minimum Gasteiger partial charge on any atom is -0.481 e. The zero-order valence-electron chi connectivity index (χ0n) is 6.69. The fourth-order valence-corrected chi connectivity index (χ4v) is 1.73. The summed E-state index contributed by atoms with van der Waals surface area (Å²) in [5.41, 5.74) is 0. The Morgan fingerprint density at radius 2 is 1.92 bits per heavy atom. The fraction of sp³-hybridized carbons (Fsp3) is 0.750. The summed E-state index contributed by atoms with van der Waals surface area (Å²) in [4.78, 5) is 20.8. The van der Waals surface area contributed by atoms with Crippen molar-refractivity contribution in [2.45, 2.75) is 25.7 Å². The summed E-state index contributed by atoms with van der Waals surface area (Å²) in [5.74, 6) is -1.85. The second-order valence-electron chi connectivity index (χ2n) is 3.31. The Morgan fingerprint density at radius 1 is 1.25 bits per heavy atom. The highest BCUT2D eigenvalue weighted by molar-refractivity contribution is 5.71. The number of hydrogen-bond donors (Lipinski definition) is 2. The molecule has 12 heavy (non-hydrogen) atoms. The minimum atomic E-state index is -0.828. The molecule has 0 aromatic carbocycles. The van der Waals surface area contributed by atoms with Crippen molar-refractivity contribution < 1.29 is 19.8 Å². The third-order valence-electron chi connectivity index (χ3n) is 2.35. The molecule has 68 valence electrons. The normalized spacial score (nSPS) is 28.7. The van der Waals surface area contributed by atoms with Gasteiger partial charge in [-0.1, -0.05) is 0 Å². The average molecular weight is 172 g/mol. The smallest absolute Gasteiger partial charge is 0.306 e. The molecule has 1 rings (SSSR count). The van der Waals surface area contributed by atoms with Gasteiger partial charge in [0.1, 0.15) is 0 Å². The minimum absolute atomic E-state index is 0.0728. The van der Waals surface area contributed by atoms with Gasteiger partial charge in [0.2, 0.25) is 0 Å². The number of carbonyl (C=O) groups is 2. The van der Waals surface area contributed by atoms with Crippen LogP contribution < -0.4 is 0 Å². The van der Waals surface area contributed by atoms with Crippen molar-refractivity contribution in [1.29, 1.82) is 0 Å². The molecular weight excluding hydrogens is 160 g/mol. The van der Waals surface area contributed by atoms with Crippen molar-refractivity contribution in [3.05, 3.63) is 0 Å². The topological polar surface area (TPSA) is 74.6 Å². The maximum Gasteiger partial charge on any atom is 0.306 e. The maximum atomic E-state index is 10.5. The molecule has 1 aliphatic rings. The van der Waals surface area contributed by atoms with Gasteiger partial charge in [-0.25, -0.2) is 0 Å². The second kappa shape index (κ2) is 3.56. The number of hydrogen-bond acceptors (Lipinski definition) is 2. The predicted octanol–water partition coefficient (Wildman–Crippen LogP) is 0.962. The first kappa shape index (κ1) is 9.03.